The Bertz CT molecular complexity index is 428. The normalized spacial score (nSPS) is 17.8. The lowest BCUT2D eigenvalue weighted by Crippen LogP contribution is -2.37. The zero-order valence-electron chi connectivity index (χ0n) is 11.3. The average Bonchev–Trinajstić information content (AvgIpc) is 2.66. The molecule has 3 nitrogen and oxygen atoms in total. The van der Waals surface area contributed by atoms with Crippen LogP contribution in [0.1, 0.15) is 32.6 Å². The number of phenolic OH excluding ortho intramolecular Hbond substituents is 1. The van der Waals surface area contributed by atoms with Crippen LogP contribution in [0.15, 0.2) is 29.2 Å². The highest BCUT2D eigenvalue weighted by Crippen LogP contribution is 2.27. The molecule has 1 unspecified atom stereocenters. The molecule has 19 heavy (non-hydrogen) atoms. The number of carbonyl (C=O) groups is 1. The quantitative estimate of drug-likeness (QED) is 0.863. The fraction of sp³-hybridized carbons (Fsp3) is 0.533. The maximum atomic E-state index is 12.4. The molecule has 0 spiro atoms. The number of rotatable bonds is 3. The van der Waals surface area contributed by atoms with Gasteiger partial charge >= 0.3 is 0 Å². The van der Waals surface area contributed by atoms with Gasteiger partial charge in [-0.3, -0.25) is 4.79 Å². The van der Waals surface area contributed by atoms with Crippen molar-refractivity contribution in [1.29, 1.82) is 0 Å². The van der Waals surface area contributed by atoms with Gasteiger partial charge in [0.25, 0.3) is 0 Å². The van der Waals surface area contributed by atoms with Crippen LogP contribution in [0.25, 0.3) is 0 Å². The van der Waals surface area contributed by atoms with Crippen molar-refractivity contribution < 1.29 is 9.90 Å². The van der Waals surface area contributed by atoms with E-state index in [2.05, 4.69) is 0 Å². The molecular formula is C15H21NO2S. The molecule has 1 aromatic rings. The van der Waals surface area contributed by atoms with Crippen molar-refractivity contribution in [2.45, 2.75) is 42.8 Å². The van der Waals surface area contributed by atoms with Gasteiger partial charge in [0.1, 0.15) is 5.75 Å². The van der Waals surface area contributed by atoms with Gasteiger partial charge in [0.05, 0.1) is 5.25 Å². The number of amides is 1. The largest absolute Gasteiger partial charge is 0.508 e. The molecule has 1 aliphatic rings. The maximum absolute atomic E-state index is 12.4. The Hall–Kier alpha value is -1.16. The van der Waals surface area contributed by atoms with Gasteiger partial charge in [0, 0.05) is 18.0 Å². The van der Waals surface area contributed by atoms with Crippen molar-refractivity contribution in [1.82, 2.24) is 4.90 Å². The first-order chi connectivity index (χ1) is 9.16. The number of thioether (sulfide) groups is 1. The van der Waals surface area contributed by atoms with Crippen LogP contribution < -0.4 is 0 Å². The topological polar surface area (TPSA) is 40.5 Å². The lowest BCUT2D eigenvalue weighted by Gasteiger charge is -2.23. The fourth-order valence-corrected chi connectivity index (χ4v) is 3.36. The molecular weight excluding hydrogens is 258 g/mol. The number of phenols is 1. The molecule has 1 N–H and O–H groups in total. The summed E-state index contributed by atoms with van der Waals surface area (Å²) >= 11 is 1.52. The first kappa shape index (κ1) is 14.3. The molecule has 1 aliphatic heterocycles. The Labute approximate surface area is 119 Å². The van der Waals surface area contributed by atoms with Crippen LogP contribution in [0.3, 0.4) is 0 Å². The van der Waals surface area contributed by atoms with Crippen molar-refractivity contribution >= 4 is 17.7 Å². The van der Waals surface area contributed by atoms with Gasteiger partial charge in [-0.25, -0.2) is 0 Å². The first-order valence-electron chi connectivity index (χ1n) is 6.91. The van der Waals surface area contributed by atoms with Gasteiger partial charge in [-0.1, -0.05) is 18.9 Å². The van der Waals surface area contributed by atoms with E-state index in [4.69, 9.17) is 0 Å². The summed E-state index contributed by atoms with van der Waals surface area (Å²) in [7, 11) is 0. The lowest BCUT2D eigenvalue weighted by molar-refractivity contribution is -0.130. The smallest absolute Gasteiger partial charge is 0.235 e. The minimum absolute atomic E-state index is 0.0973. The minimum Gasteiger partial charge on any atom is -0.508 e. The number of benzene rings is 1. The van der Waals surface area contributed by atoms with E-state index >= 15 is 0 Å². The van der Waals surface area contributed by atoms with Gasteiger partial charge in [-0.05, 0) is 38.0 Å². The zero-order chi connectivity index (χ0) is 13.7. The van der Waals surface area contributed by atoms with Crippen molar-refractivity contribution in [3.8, 4) is 5.75 Å². The Morgan fingerprint density at radius 1 is 1.26 bits per heavy atom. The van der Waals surface area contributed by atoms with Crippen molar-refractivity contribution in [2.24, 2.45) is 0 Å². The Balaban J connectivity index is 1.94. The summed E-state index contributed by atoms with van der Waals surface area (Å²) in [6.45, 7) is 3.73. The molecule has 0 aliphatic carbocycles. The molecule has 1 amide bonds. The summed E-state index contributed by atoms with van der Waals surface area (Å²) in [5.74, 6) is 0.467. The van der Waals surface area contributed by atoms with Gasteiger partial charge in [0.2, 0.25) is 5.91 Å². The summed E-state index contributed by atoms with van der Waals surface area (Å²) in [5.41, 5.74) is 0. The van der Waals surface area contributed by atoms with E-state index in [0.717, 1.165) is 30.8 Å². The molecule has 4 heteroatoms. The predicted octanol–water partition coefficient (Wildman–Crippen LogP) is 3.28. The van der Waals surface area contributed by atoms with Crippen molar-refractivity contribution in [2.75, 3.05) is 13.1 Å². The lowest BCUT2D eigenvalue weighted by atomic mass is 10.2. The van der Waals surface area contributed by atoms with Gasteiger partial charge < -0.3 is 10.0 Å². The summed E-state index contributed by atoms with van der Waals surface area (Å²) in [5, 5.41) is 9.34. The molecule has 1 saturated heterocycles. The Morgan fingerprint density at radius 2 is 1.95 bits per heavy atom. The van der Waals surface area contributed by atoms with E-state index in [9.17, 15) is 9.90 Å². The second kappa shape index (κ2) is 6.85. The zero-order valence-corrected chi connectivity index (χ0v) is 12.2. The number of hydrogen-bond donors (Lipinski definition) is 1. The number of likely N-dealkylation sites (tertiary alicyclic amines) is 1. The van der Waals surface area contributed by atoms with Crippen LogP contribution in [0.4, 0.5) is 0 Å². The number of hydrogen-bond acceptors (Lipinski definition) is 3. The van der Waals surface area contributed by atoms with Crippen molar-refractivity contribution in [3.05, 3.63) is 24.3 Å². The molecule has 1 fully saturated rings. The summed E-state index contributed by atoms with van der Waals surface area (Å²) < 4.78 is 0. The molecule has 0 bridgehead atoms. The monoisotopic (exact) mass is 279 g/mol. The van der Waals surface area contributed by atoms with Crippen LogP contribution in [0.5, 0.6) is 5.75 Å². The van der Waals surface area contributed by atoms with Gasteiger partial charge in [0.15, 0.2) is 0 Å². The summed E-state index contributed by atoms with van der Waals surface area (Å²) in [4.78, 5) is 15.3. The molecule has 1 heterocycles. The average molecular weight is 279 g/mol. The maximum Gasteiger partial charge on any atom is 0.235 e. The van der Waals surface area contributed by atoms with Crippen LogP contribution in [-0.2, 0) is 4.79 Å². The third kappa shape index (κ3) is 4.16. The van der Waals surface area contributed by atoms with Crippen LogP contribution in [0, 0.1) is 0 Å². The van der Waals surface area contributed by atoms with Gasteiger partial charge in [-0.15, -0.1) is 11.8 Å². The molecule has 104 valence electrons. The fourth-order valence-electron chi connectivity index (χ4n) is 2.36. The molecule has 1 atom stereocenters. The highest BCUT2D eigenvalue weighted by Gasteiger charge is 2.22. The van der Waals surface area contributed by atoms with E-state index in [1.165, 1.54) is 24.6 Å². The molecule has 0 aromatic heterocycles. The van der Waals surface area contributed by atoms with E-state index < -0.39 is 0 Å². The third-order valence-electron chi connectivity index (χ3n) is 3.40. The Kier molecular flexibility index (Phi) is 5.14. The second-order valence-electron chi connectivity index (χ2n) is 5.00. The summed E-state index contributed by atoms with van der Waals surface area (Å²) in [6, 6.07) is 7.08. The highest BCUT2D eigenvalue weighted by molar-refractivity contribution is 8.00. The van der Waals surface area contributed by atoms with Crippen molar-refractivity contribution in [3.63, 3.8) is 0 Å². The van der Waals surface area contributed by atoms with Crippen LogP contribution in [0.2, 0.25) is 0 Å². The van der Waals surface area contributed by atoms with Crippen LogP contribution >= 0.6 is 11.8 Å². The highest BCUT2D eigenvalue weighted by atomic mass is 32.2. The van der Waals surface area contributed by atoms with E-state index in [1.54, 1.807) is 18.2 Å². The third-order valence-corrected chi connectivity index (χ3v) is 4.48. The SMILES string of the molecule is CC(Sc1cccc(O)c1)C(=O)N1CCCCCC1. The molecule has 1 aromatic carbocycles. The van der Waals surface area contributed by atoms with E-state index in [-0.39, 0.29) is 16.9 Å². The molecule has 0 radical (unpaired) electrons. The second-order valence-corrected chi connectivity index (χ2v) is 6.41. The molecule has 0 saturated carbocycles. The Morgan fingerprint density at radius 3 is 2.58 bits per heavy atom. The van der Waals surface area contributed by atoms with E-state index in [1.807, 2.05) is 17.9 Å². The number of carbonyl (C=O) groups excluding carboxylic acids is 1. The number of nitrogens with zero attached hydrogens (tertiary/aromatic N) is 1. The minimum atomic E-state index is -0.0973. The first-order valence-corrected chi connectivity index (χ1v) is 7.79. The van der Waals surface area contributed by atoms with Gasteiger partial charge in [-0.2, -0.15) is 0 Å². The van der Waals surface area contributed by atoms with E-state index in [0.29, 0.717) is 0 Å². The standard InChI is InChI=1S/C15H21NO2S/c1-12(19-14-8-6-7-13(17)11-14)15(18)16-9-4-2-3-5-10-16/h6-8,11-12,17H,2-5,9-10H2,1H3. The molecule has 2 rings (SSSR count). The predicted molar refractivity (Wildman–Crippen MR) is 78.5 cm³/mol. The van der Waals surface area contributed by atoms with Crippen LogP contribution in [-0.4, -0.2) is 34.3 Å². The summed E-state index contributed by atoms with van der Waals surface area (Å²) in [6.07, 6.45) is 4.71. The number of aromatic hydroxyl groups is 1.